The third-order valence-corrected chi connectivity index (χ3v) is 9.71. The minimum Gasteiger partial charge on any atom is -0.375 e. The van der Waals surface area contributed by atoms with Gasteiger partial charge in [0.25, 0.3) is 0 Å². The van der Waals surface area contributed by atoms with Gasteiger partial charge in [0, 0.05) is 24.0 Å². The fourth-order valence-corrected chi connectivity index (χ4v) is 7.76. The van der Waals surface area contributed by atoms with Gasteiger partial charge < -0.3 is 9.03 Å². The minimum absolute atomic E-state index is 0. The van der Waals surface area contributed by atoms with Gasteiger partial charge in [-0.25, -0.2) is 0 Å². The Morgan fingerprint density at radius 1 is 1.00 bits per heavy atom. The van der Waals surface area contributed by atoms with Gasteiger partial charge in [-0.1, -0.05) is 63.4 Å². The molecule has 1 rings (SSSR count). The van der Waals surface area contributed by atoms with Crippen LogP contribution in [0.2, 0.25) is 45.3 Å². The van der Waals surface area contributed by atoms with Gasteiger partial charge in [0.05, 0.1) is 0 Å². The van der Waals surface area contributed by atoms with Crippen molar-refractivity contribution >= 4 is 25.0 Å². The van der Waals surface area contributed by atoms with Crippen molar-refractivity contribution < 1.29 is 26.2 Å². The van der Waals surface area contributed by atoms with E-state index in [-0.39, 0.29) is 32.7 Å². The van der Waals surface area contributed by atoms with Crippen molar-refractivity contribution in [2.45, 2.75) is 99.3 Å². The molecular formula is C23H45NOSi3Ti+2. The van der Waals surface area contributed by atoms with Gasteiger partial charge in [0.2, 0.25) is 0 Å². The summed E-state index contributed by atoms with van der Waals surface area (Å²) < 4.78 is 14.6. The molecule has 29 heavy (non-hydrogen) atoms. The van der Waals surface area contributed by atoms with Crippen LogP contribution in [-0.2, 0) is 26.2 Å². The van der Waals surface area contributed by atoms with Gasteiger partial charge in [-0.15, -0.1) is 11.1 Å². The molecule has 162 valence electrons. The second kappa shape index (κ2) is 11.0. The monoisotopic (exact) mass is 483 g/mol. The average molecular weight is 484 g/mol. The van der Waals surface area contributed by atoms with Gasteiger partial charge in [-0.2, -0.15) is 0 Å². The van der Waals surface area contributed by atoms with Crippen LogP contribution < -0.4 is 0 Å². The second-order valence-corrected chi connectivity index (χ2v) is 22.9. The Morgan fingerprint density at radius 3 is 1.62 bits per heavy atom. The molecule has 0 amide bonds. The third-order valence-electron chi connectivity index (χ3n) is 5.26. The van der Waals surface area contributed by atoms with Crippen LogP contribution in [0, 0.1) is 16.5 Å². The zero-order valence-corrected chi connectivity index (χ0v) is 26.2. The van der Waals surface area contributed by atoms with Crippen LogP contribution in [0.3, 0.4) is 0 Å². The smallest absolute Gasteiger partial charge is 0.375 e. The van der Waals surface area contributed by atoms with Gasteiger partial charge in [0.1, 0.15) is 16.1 Å². The van der Waals surface area contributed by atoms with E-state index in [9.17, 15) is 4.46 Å². The summed E-state index contributed by atoms with van der Waals surface area (Å²) in [7, 11) is -1.95. The molecule has 2 nitrogen and oxygen atoms in total. The van der Waals surface area contributed by atoms with Crippen LogP contribution in [0.25, 0.3) is 0 Å². The molecule has 1 aliphatic carbocycles. The molecule has 6 heteroatoms. The van der Waals surface area contributed by atoms with Crippen LogP contribution in [0.4, 0.5) is 0 Å². The van der Waals surface area contributed by atoms with Crippen LogP contribution >= 0.6 is 0 Å². The van der Waals surface area contributed by atoms with Crippen molar-refractivity contribution in [1.82, 2.24) is 4.57 Å². The number of nitrogens with zero attached hydrogens (tertiary/aromatic N) is 1. The largest absolute Gasteiger partial charge is 2.00 e. The van der Waals surface area contributed by atoms with Crippen LogP contribution in [0.15, 0.2) is 22.8 Å². The van der Waals surface area contributed by atoms with E-state index in [2.05, 4.69) is 105 Å². The molecule has 0 aromatic carbocycles. The van der Waals surface area contributed by atoms with E-state index in [4.69, 9.17) is 0 Å². The summed E-state index contributed by atoms with van der Waals surface area (Å²) in [5.74, 6) is 0. The number of hydrogen-bond acceptors (Lipinski definition) is 1. The third kappa shape index (κ3) is 11.3. The SMILES string of the molecule is CC1=CC(C)(C[Si](=O)N(C)C(C)(C)C)C(C)=C1C.C[Si](C)(C)C#C[Si](C)(C)C.[Ti+2]. The van der Waals surface area contributed by atoms with E-state index in [1.165, 1.54) is 16.7 Å². The summed E-state index contributed by atoms with van der Waals surface area (Å²) >= 11 is 0. The van der Waals surface area contributed by atoms with Crippen molar-refractivity contribution in [3.05, 3.63) is 22.8 Å². The van der Waals surface area contributed by atoms with E-state index in [0.29, 0.717) is 0 Å². The molecule has 1 atom stereocenters. The molecule has 0 aromatic heterocycles. The molecule has 0 saturated heterocycles. The van der Waals surface area contributed by atoms with E-state index < -0.39 is 25.0 Å². The quantitative estimate of drug-likeness (QED) is 0.330. The molecule has 0 spiro atoms. The molecular weight excluding hydrogens is 438 g/mol. The zero-order chi connectivity index (χ0) is 22.7. The number of rotatable bonds is 3. The van der Waals surface area contributed by atoms with E-state index >= 15 is 0 Å². The van der Waals surface area contributed by atoms with Gasteiger partial charge >= 0.3 is 30.6 Å². The fraction of sp³-hybridized carbons (Fsp3) is 0.739. The van der Waals surface area contributed by atoms with E-state index in [0.717, 1.165) is 6.04 Å². The average Bonchev–Trinajstić information content (AvgIpc) is 2.66. The van der Waals surface area contributed by atoms with Crippen LogP contribution in [0.1, 0.15) is 48.5 Å². The molecule has 0 radical (unpaired) electrons. The van der Waals surface area contributed by atoms with Crippen LogP contribution in [0.5, 0.6) is 0 Å². The number of allylic oxidation sites excluding steroid dienone is 4. The predicted octanol–water partition coefficient (Wildman–Crippen LogP) is 6.68. The summed E-state index contributed by atoms with van der Waals surface area (Å²) in [5, 5.41) is 0. The molecule has 0 aromatic rings. The summed E-state index contributed by atoms with van der Waals surface area (Å²) in [6.45, 7) is 28.8. The zero-order valence-electron chi connectivity index (χ0n) is 21.6. The van der Waals surface area contributed by atoms with Crippen molar-refractivity contribution in [3.63, 3.8) is 0 Å². The Bertz CT molecular complexity index is 692. The maximum atomic E-state index is 12.6. The van der Waals surface area contributed by atoms with Crippen LogP contribution in [-0.4, -0.2) is 42.1 Å². The first-order valence-electron chi connectivity index (χ1n) is 10.4. The van der Waals surface area contributed by atoms with Gasteiger partial charge in [-0.3, -0.25) is 0 Å². The first-order valence-corrected chi connectivity index (χ1v) is 18.9. The Kier molecular flexibility index (Phi) is 11.9. The number of hydrogen-bond donors (Lipinski definition) is 0. The summed E-state index contributed by atoms with van der Waals surface area (Å²) in [6, 6.07) is 0.742. The van der Waals surface area contributed by atoms with Crippen molar-refractivity contribution in [2.75, 3.05) is 7.05 Å². The molecule has 1 unspecified atom stereocenters. The van der Waals surface area contributed by atoms with Gasteiger partial charge in [-0.05, 0) is 47.1 Å². The molecule has 0 bridgehead atoms. The summed E-state index contributed by atoms with van der Waals surface area (Å²) in [6.07, 6.45) is 2.29. The second-order valence-electron chi connectivity index (χ2n) is 11.5. The Balaban J connectivity index is 0. The maximum Gasteiger partial charge on any atom is 2.00 e. The first kappa shape index (κ1) is 31.2. The Morgan fingerprint density at radius 2 is 1.38 bits per heavy atom. The summed E-state index contributed by atoms with van der Waals surface area (Å²) in [5.41, 5.74) is 10.8. The van der Waals surface area contributed by atoms with E-state index in [1.54, 1.807) is 0 Å². The topological polar surface area (TPSA) is 20.3 Å². The van der Waals surface area contributed by atoms with Crippen molar-refractivity contribution in [3.8, 4) is 11.1 Å². The standard InChI is InChI=1S/C15H27NOSi.C8H18Si2.Ti/c1-11-9-15(7,13(3)12(11)2)10-18(17)16(8)14(4,5)6;1-9(2,3)7-8-10(4,5)6;/h9H,10H2,1-8H3;1-6H3;/q;;+2. The normalized spacial score (nSPS) is 19.3. The minimum atomic E-state index is -1.74. The summed E-state index contributed by atoms with van der Waals surface area (Å²) in [4.78, 5) is 0. The van der Waals surface area contributed by atoms with E-state index in [1.807, 2.05) is 11.6 Å². The fourth-order valence-electron chi connectivity index (χ4n) is 2.78. The molecule has 0 saturated carbocycles. The molecule has 0 aliphatic heterocycles. The van der Waals surface area contributed by atoms with Crippen molar-refractivity contribution in [2.24, 2.45) is 5.41 Å². The Hall–Kier alpha value is 0.00494. The maximum absolute atomic E-state index is 12.6. The van der Waals surface area contributed by atoms with Crippen molar-refractivity contribution in [1.29, 1.82) is 0 Å². The van der Waals surface area contributed by atoms with Gasteiger partial charge in [0.15, 0.2) is 0 Å². The first-order chi connectivity index (χ1) is 12.2. The Labute approximate surface area is 200 Å². The predicted molar refractivity (Wildman–Crippen MR) is 133 cm³/mol. The molecule has 1 aliphatic rings. The molecule has 0 fully saturated rings. The molecule has 0 N–H and O–H groups in total. The molecule has 0 heterocycles.